The van der Waals surface area contributed by atoms with Crippen molar-refractivity contribution >= 4 is 0 Å². The van der Waals surface area contributed by atoms with Crippen LogP contribution in [0.5, 0.6) is 0 Å². The summed E-state index contributed by atoms with van der Waals surface area (Å²) >= 11 is 0. The summed E-state index contributed by atoms with van der Waals surface area (Å²) in [5, 5.41) is 0. The third-order valence-electron chi connectivity index (χ3n) is 2.07. The molecule has 78 valence electrons. The van der Waals surface area contributed by atoms with Crippen molar-refractivity contribution in [3.8, 4) is 0 Å². The summed E-state index contributed by atoms with van der Waals surface area (Å²) in [5.41, 5.74) is 6.06. The maximum atomic E-state index is 12.2. The molecule has 4 heteroatoms. The first-order valence-corrected chi connectivity index (χ1v) is 4.36. The third kappa shape index (κ3) is 2.48. The molecule has 1 atom stereocenters. The normalized spacial score (nSPS) is 14.1. The lowest BCUT2D eigenvalue weighted by atomic mass is 10.0. The van der Waals surface area contributed by atoms with Gasteiger partial charge < -0.3 is 5.73 Å². The van der Waals surface area contributed by atoms with Gasteiger partial charge >= 0.3 is 6.18 Å². The molecule has 1 nitrogen and oxygen atoms in total. The van der Waals surface area contributed by atoms with Gasteiger partial charge in [0.25, 0.3) is 0 Å². The van der Waals surface area contributed by atoms with Crippen molar-refractivity contribution < 1.29 is 13.2 Å². The van der Waals surface area contributed by atoms with E-state index in [9.17, 15) is 13.2 Å². The Labute approximate surface area is 80.7 Å². The molecule has 0 aliphatic rings. The van der Waals surface area contributed by atoms with Crippen LogP contribution >= 0.6 is 0 Å². The van der Waals surface area contributed by atoms with E-state index in [4.69, 9.17) is 5.73 Å². The predicted molar refractivity (Wildman–Crippen MR) is 48.8 cm³/mol. The van der Waals surface area contributed by atoms with Crippen LogP contribution < -0.4 is 5.73 Å². The van der Waals surface area contributed by atoms with E-state index in [1.807, 2.05) is 6.92 Å². The summed E-state index contributed by atoms with van der Waals surface area (Å²) in [6.45, 7) is 1.89. The Morgan fingerprint density at radius 2 is 2.00 bits per heavy atom. The lowest BCUT2D eigenvalue weighted by Gasteiger charge is -2.16. The molecule has 0 spiro atoms. The highest BCUT2D eigenvalue weighted by atomic mass is 19.4. The Morgan fingerprint density at radius 1 is 1.36 bits per heavy atom. The molecule has 0 saturated carbocycles. The topological polar surface area (TPSA) is 26.0 Å². The van der Waals surface area contributed by atoms with Crippen LogP contribution in [-0.2, 0) is 6.42 Å². The maximum Gasteiger partial charge on any atom is 0.407 e. The van der Waals surface area contributed by atoms with E-state index >= 15 is 0 Å². The second-order valence-corrected chi connectivity index (χ2v) is 3.12. The molecule has 0 fully saturated rings. The van der Waals surface area contributed by atoms with Gasteiger partial charge in [-0.3, -0.25) is 0 Å². The smallest absolute Gasteiger partial charge is 0.316 e. The minimum atomic E-state index is -4.37. The number of benzene rings is 1. The first-order chi connectivity index (χ1) is 6.45. The van der Waals surface area contributed by atoms with E-state index in [1.165, 1.54) is 12.1 Å². The van der Waals surface area contributed by atoms with Crippen LogP contribution in [0.2, 0.25) is 0 Å². The summed E-state index contributed by atoms with van der Waals surface area (Å²) in [4.78, 5) is 0. The lowest BCUT2D eigenvalue weighted by molar-refractivity contribution is -0.149. The molecule has 1 aromatic rings. The van der Waals surface area contributed by atoms with Gasteiger partial charge in [0.1, 0.15) is 6.04 Å². The summed E-state index contributed by atoms with van der Waals surface area (Å²) in [7, 11) is 0. The van der Waals surface area contributed by atoms with Gasteiger partial charge in [0.15, 0.2) is 0 Å². The second kappa shape index (κ2) is 4.00. The van der Waals surface area contributed by atoms with Gasteiger partial charge in [0.2, 0.25) is 0 Å². The minimum Gasteiger partial charge on any atom is -0.316 e. The van der Waals surface area contributed by atoms with Crippen LogP contribution in [0, 0.1) is 0 Å². The Kier molecular flexibility index (Phi) is 3.16. The van der Waals surface area contributed by atoms with E-state index in [1.54, 1.807) is 12.1 Å². The van der Waals surface area contributed by atoms with Gasteiger partial charge in [-0.25, -0.2) is 0 Å². The summed E-state index contributed by atoms with van der Waals surface area (Å²) in [5.74, 6) is 0. The average molecular weight is 203 g/mol. The molecule has 2 N–H and O–H groups in total. The average Bonchev–Trinajstić information content (AvgIpc) is 2.15. The van der Waals surface area contributed by atoms with E-state index in [0.717, 1.165) is 5.56 Å². The zero-order valence-corrected chi connectivity index (χ0v) is 7.81. The molecule has 0 aliphatic heterocycles. The van der Waals surface area contributed by atoms with Crippen LogP contribution in [0.15, 0.2) is 24.3 Å². The Hall–Kier alpha value is -1.03. The van der Waals surface area contributed by atoms with Gasteiger partial charge in [-0.05, 0) is 17.5 Å². The van der Waals surface area contributed by atoms with E-state index in [0.29, 0.717) is 6.42 Å². The maximum absolute atomic E-state index is 12.2. The second-order valence-electron chi connectivity index (χ2n) is 3.12. The minimum absolute atomic E-state index is 0.122. The molecule has 1 rings (SSSR count). The van der Waals surface area contributed by atoms with Crippen molar-refractivity contribution in [2.75, 3.05) is 0 Å². The van der Waals surface area contributed by atoms with Crippen molar-refractivity contribution in [2.24, 2.45) is 5.73 Å². The summed E-state index contributed by atoms with van der Waals surface area (Å²) in [6, 6.07) is 4.40. The first kappa shape index (κ1) is 11.0. The molecule has 0 aliphatic carbocycles. The predicted octanol–water partition coefficient (Wildman–Crippen LogP) is 2.81. The van der Waals surface area contributed by atoms with Crippen LogP contribution in [0.3, 0.4) is 0 Å². The first-order valence-electron chi connectivity index (χ1n) is 4.36. The number of alkyl halides is 3. The largest absolute Gasteiger partial charge is 0.407 e. The molecule has 1 aromatic carbocycles. The van der Waals surface area contributed by atoms with Crippen molar-refractivity contribution in [1.82, 2.24) is 0 Å². The van der Waals surface area contributed by atoms with Gasteiger partial charge in [0, 0.05) is 0 Å². The molecule has 0 unspecified atom stereocenters. The summed E-state index contributed by atoms with van der Waals surface area (Å²) in [6.07, 6.45) is -3.66. The molecular formula is C10H12F3N. The molecule has 0 saturated heterocycles. The number of halogens is 3. The fourth-order valence-electron chi connectivity index (χ4n) is 1.20. The fraction of sp³-hybridized carbons (Fsp3) is 0.400. The van der Waals surface area contributed by atoms with Crippen molar-refractivity contribution in [1.29, 1.82) is 0 Å². The monoisotopic (exact) mass is 203 g/mol. The third-order valence-corrected chi connectivity index (χ3v) is 2.07. The Morgan fingerprint density at radius 3 is 2.50 bits per heavy atom. The Bertz CT molecular complexity index is 306. The molecule has 0 heterocycles. The number of aryl methyl sites for hydroxylation is 1. The van der Waals surface area contributed by atoms with Crippen molar-refractivity contribution in [2.45, 2.75) is 25.6 Å². The van der Waals surface area contributed by atoms with Gasteiger partial charge in [0.05, 0.1) is 0 Å². The number of hydrogen-bond acceptors (Lipinski definition) is 1. The van der Waals surface area contributed by atoms with E-state index < -0.39 is 12.2 Å². The molecule has 0 bridgehead atoms. The fourth-order valence-corrected chi connectivity index (χ4v) is 1.20. The summed E-state index contributed by atoms with van der Waals surface area (Å²) < 4.78 is 36.7. The van der Waals surface area contributed by atoms with Crippen LogP contribution in [0.4, 0.5) is 13.2 Å². The van der Waals surface area contributed by atoms with E-state index in [-0.39, 0.29) is 5.56 Å². The zero-order chi connectivity index (χ0) is 10.8. The van der Waals surface area contributed by atoms with Gasteiger partial charge in [-0.2, -0.15) is 13.2 Å². The van der Waals surface area contributed by atoms with Crippen molar-refractivity contribution in [3.63, 3.8) is 0 Å². The quantitative estimate of drug-likeness (QED) is 0.785. The van der Waals surface area contributed by atoms with Gasteiger partial charge in [-0.1, -0.05) is 31.2 Å². The highest BCUT2D eigenvalue weighted by molar-refractivity contribution is 5.26. The van der Waals surface area contributed by atoms with E-state index in [2.05, 4.69) is 0 Å². The lowest BCUT2D eigenvalue weighted by Crippen LogP contribution is -2.28. The number of rotatable bonds is 2. The molecule has 0 amide bonds. The van der Waals surface area contributed by atoms with Crippen LogP contribution in [0.1, 0.15) is 24.1 Å². The highest BCUT2D eigenvalue weighted by Crippen LogP contribution is 2.30. The zero-order valence-electron chi connectivity index (χ0n) is 7.81. The Balaban J connectivity index is 2.95. The standard InChI is InChI=1S/C10H12F3N/c1-2-7-4-3-5-8(6-7)9(14)10(11,12)13/h3-6,9H,2,14H2,1H3/t9-/m1/s1. The number of nitrogens with two attached hydrogens (primary N) is 1. The molecule has 0 aromatic heterocycles. The molecule has 14 heavy (non-hydrogen) atoms. The highest BCUT2D eigenvalue weighted by Gasteiger charge is 2.37. The number of hydrogen-bond donors (Lipinski definition) is 1. The van der Waals surface area contributed by atoms with Crippen LogP contribution in [-0.4, -0.2) is 6.18 Å². The van der Waals surface area contributed by atoms with Gasteiger partial charge in [-0.15, -0.1) is 0 Å². The molecule has 0 radical (unpaired) electrons. The molecular weight excluding hydrogens is 191 g/mol. The van der Waals surface area contributed by atoms with Crippen molar-refractivity contribution in [3.05, 3.63) is 35.4 Å². The van der Waals surface area contributed by atoms with Crippen LogP contribution in [0.25, 0.3) is 0 Å². The SMILES string of the molecule is CCc1cccc([C@@H](N)C(F)(F)F)c1.